The Balaban J connectivity index is 3.19. The summed E-state index contributed by atoms with van der Waals surface area (Å²) >= 11 is 0. The lowest BCUT2D eigenvalue weighted by Gasteiger charge is -2.18. The van der Waals surface area contributed by atoms with Crippen molar-refractivity contribution in [1.29, 1.82) is 5.26 Å². The Morgan fingerprint density at radius 3 is 2.74 bits per heavy atom. The van der Waals surface area contributed by atoms with Gasteiger partial charge in [0.1, 0.15) is 12.1 Å². The molecule has 0 fully saturated rings. The zero-order chi connectivity index (χ0) is 14.4. The summed E-state index contributed by atoms with van der Waals surface area (Å²) in [5.41, 5.74) is 0.575. The number of carbonyl (C=O) groups is 1. The zero-order valence-corrected chi connectivity index (χ0v) is 10.9. The molecule has 0 bridgehead atoms. The molecule has 0 aliphatic heterocycles. The normalized spacial score (nSPS) is 9.74. The van der Waals surface area contributed by atoms with Crippen LogP contribution in [0.1, 0.15) is 29.3 Å². The molecule has 0 aliphatic rings. The number of nitro groups is 1. The van der Waals surface area contributed by atoms with Crippen LogP contribution in [-0.4, -0.2) is 28.8 Å². The summed E-state index contributed by atoms with van der Waals surface area (Å²) in [6.07, 6.45) is 0.688. The van der Waals surface area contributed by atoms with Crippen LogP contribution in [0.3, 0.4) is 0 Å². The fourth-order valence-electron chi connectivity index (χ4n) is 1.76. The Kier molecular flexibility index (Phi) is 5.01. The van der Waals surface area contributed by atoms with E-state index in [2.05, 4.69) is 0 Å². The lowest BCUT2D eigenvalue weighted by molar-refractivity contribution is -0.385. The van der Waals surface area contributed by atoms with E-state index < -0.39 is 10.8 Å². The zero-order valence-electron chi connectivity index (χ0n) is 10.9. The fraction of sp³-hybridized carbons (Fsp3) is 0.385. The molecule has 0 saturated carbocycles. The van der Waals surface area contributed by atoms with Crippen molar-refractivity contribution in [1.82, 2.24) is 4.90 Å². The molecule has 0 radical (unpaired) electrons. The Morgan fingerprint density at radius 1 is 1.53 bits per heavy atom. The van der Waals surface area contributed by atoms with Crippen LogP contribution in [0.4, 0.5) is 5.69 Å². The van der Waals surface area contributed by atoms with Gasteiger partial charge in [-0.1, -0.05) is 13.0 Å². The van der Waals surface area contributed by atoms with Gasteiger partial charge in [-0.15, -0.1) is 0 Å². The van der Waals surface area contributed by atoms with Gasteiger partial charge in [-0.2, -0.15) is 5.26 Å². The van der Waals surface area contributed by atoms with Crippen LogP contribution in [0.25, 0.3) is 0 Å². The highest BCUT2D eigenvalue weighted by molar-refractivity contribution is 5.98. The van der Waals surface area contributed by atoms with Gasteiger partial charge < -0.3 is 4.90 Å². The minimum atomic E-state index is -0.580. The number of aryl methyl sites for hydroxylation is 1. The molecule has 0 heterocycles. The van der Waals surface area contributed by atoms with Crippen LogP contribution >= 0.6 is 0 Å². The van der Waals surface area contributed by atoms with Crippen molar-refractivity contribution >= 4 is 11.6 Å². The number of benzene rings is 1. The highest BCUT2D eigenvalue weighted by atomic mass is 16.6. The second kappa shape index (κ2) is 6.50. The maximum Gasteiger partial charge on any atom is 0.282 e. The average Bonchev–Trinajstić information content (AvgIpc) is 2.37. The summed E-state index contributed by atoms with van der Waals surface area (Å²) in [4.78, 5) is 24.0. The van der Waals surface area contributed by atoms with E-state index >= 15 is 0 Å². The topological polar surface area (TPSA) is 87.2 Å². The summed E-state index contributed by atoms with van der Waals surface area (Å²) in [6.45, 7) is 3.96. The van der Waals surface area contributed by atoms with E-state index in [0.717, 1.165) is 5.56 Å². The number of rotatable bonds is 5. The third-order valence-corrected chi connectivity index (χ3v) is 2.62. The second-order valence-corrected chi connectivity index (χ2v) is 4.16. The summed E-state index contributed by atoms with van der Waals surface area (Å²) < 4.78 is 0. The van der Waals surface area contributed by atoms with Crippen LogP contribution in [0.2, 0.25) is 0 Å². The van der Waals surface area contributed by atoms with Crippen molar-refractivity contribution in [2.75, 3.05) is 13.1 Å². The van der Waals surface area contributed by atoms with Gasteiger partial charge >= 0.3 is 0 Å². The number of amides is 1. The van der Waals surface area contributed by atoms with E-state index in [1.54, 1.807) is 13.0 Å². The number of nitriles is 1. The molecule has 1 rings (SSSR count). The lowest BCUT2D eigenvalue weighted by Crippen LogP contribution is -2.32. The molecule has 19 heavy (non-hydrogen) atoms. The minimum Gasteiger partial charge on any atom is -0.325 e. The second-order valence-electron chi connectivity index (χ2n) is 4.16. The van der Waals surface area contributed by atoms with Gasteiger partial charge in [0.2, 0.25) is 0 Å². The molecular formula is C13H15N3O3. The van der Waals surface area contributed by atoms with Crippen LogP contribution in [0.15, 0.2) is 18.2 Å². The third-order valence-electron chi connectivity index (χ3n) is 2.62. The average molecular weight is 261 g/mol. The van der Waals surface area contributed by atoms with Gasteiger partial charge in [0.05, 0.1) is 11.0 Å². The summed E-state index contributed by atoms with van der Waals surface area (Å²) in [5.74, 6) is -0.473. The molecule has 100 valence electrons. The van der Waals surface area contributed by atoms with E-state index in [-0.39, 0.29) is 17.8 Å². The maximum atomic E-state index is 12.3. The molecule has 0 spiro atoms. The summed E-state index contributed by atoms with van der Waals surface area (Å²) in [7, 11) is 0. The Labute approximate surface area is 111 Å². The van der Waals surface area contributed by atoms with E-state index in [9.17, 15) is 14.9 Å². The monoisotopic (exact) mass is 261 g/mol. The first-order valence-electron chi connectivity index (χ1n) is 5.92. The SMILES string of the molecule is CCCN(CC#N)C(=O)c1cc(C)ccc1[N+](=O)[O-]. The van der Waals surface area contributed by atoms with Gasteiger partial charge in [0.15, 0.2) is 0 Å². The van der Waals surface area contributed by atoms with Gasteiger partial charge in [-0.3, -0.25) is 14.9 Å². The number of carbonyl (C=O) groups excluding carboxylic acids is 1. The molecule has 0 atom stereocenters. The highest BCUT2D eigenvalue weighted by Crippen LogP contribution is 2.21. The summed E-state index contributed by atoms with van der Waals surface area (Å²) in [6, 6.07) is 6.29. The Morgan fingerprint density at radius 2 is 2.21 bits per heavy atom. The van der Waals surface area contributed by atoms with E-state index in [4.69, 9.17) is 5.26 Å². The third kappa shape index (κ3) is 3.52. The molecule has 0 unspecified atom stereocenters. The fourth-order valence-corrected chi connectivity index (χ4v) is 1.76. The molecule has 0 aliphatic carbocycles. The summed E-state index contributed by atoms with van der Waals surface area (Å²) in [5, 5.41) is 19.7. The van der Waals surface area contributed by atoms with Crippen LogP contribution in [0, 0.1) is 28.4 Å². The molecule has 6 heteroatoms. The molecule has 0 N–H and O–H groups in total. The van der Waals surface area contributed by atoms with Gasteiger partial charge in [-0.25, -0.2) is 0 Å². The first-order chi connectivity index (χ1) is 9.01. The van der Waals surface area contributed by atoms with Crippen LogP contribution in [0.5, 0.6) is 0 Å². The Hall–Kier alpha value is -2.42. The molecule has 1 amide bonds. The van der Waals surface area contributed by atoms with E-state index in [1.807, 2.05) is 13.0 Å². The predicted molar refractivity (Wildman–Crippen MR) is 69.6 cm³/mol. The minimum absolute atomic E-state index is 0.0358. The molecular weight excluding hydrogens is 246 g/mol. The van der Waals surface area contributed by atoms with Gasteiger partial charge in [0.25, 0.3) is 11.6 Å². The molecule has 6 nitrogen and oxygen atoms in total. The maximum absolute atomic E-state index is 12.3. The largest absolute Gasteiger partial charge is 0.325 e. The van der Waals surface area contributed by atoms with Crippen LogP contribution in [-0.2, 0) is 0 Å². The van der Waals surface area contributed by atoms with Crippen molar-refractivity contribution in [3.8, 4) is 6.07 Å². The quantitative estimate of drug-likeness (QED) is 0.462. The van der Waals surface area contributed by atoms with Crippen LogP contribution < -0.4 is 0 Å². The molecule has 0 saturated heterocycles. The lowest BCUT2D eigenvalue weighted by atomic mass is 10.1. The number of hydrogen-bond donors (Lipinski definition) is 0. The standard InChI is InChI=1S/C13H15N3O3/c1-3-7-15(8-6-14)13(17)11-9-10(2)4-5-12(11)16(18)19/h4-5,9H,3,7-8H2,1-2H3. The Bertz CT molecular complexity index is 534. The van der Waals surface area contributed by atoms with Gasteiger partial charge in [-0.05, 0) is 25.0 Å². The first-order valence-corrected chi connectivity index (χ1v) is 5.92. The van der Waals surface area contributed by atoms with Crippen molar-refractivity contribution < 1.29 is 9.72 Å². The molecule has 0 aromatic heterocycles. The molecule has 1 aromatic rings. The van der Waals surface area contributed by atoms with E-state index in [0.29, 0.717) is 13.0 Å². The number of nitro benzene ring substituents is 1. The van der Waals surface area contributed by atoms with Crippen molar-refractivity contribution in [3.63, 3.8) is 0 Å². The number of nitrogens with zero attached hydrogens (tertiary/aromatic N) is 3. The molecule has 1 aromatic carbocycles. The van der Waals surface area contributed by atoms with Crippen molar-refractivity contribution in [2.45, 2.75) is 20.3 Å². The first kappa shape index (κ1) is 14.6. The smallest absolute Gasteiger partial charge is 0.282 e. The van der Waals surface area contributed by atoms with Gasteiger partial charge in [0, 0.05) is 12.6 Å². The van der Waals surface area contributed by atoms with Crippen molar-refractivity contribution in [2.24, 2.45) is 0 Å². The van der Waals surface area contributed by atoms with E-state index in [1.165, 1.54) is 17.0 Å². The highest BCUT2D eigenvalue weighted by Gasteiger charge is 2.24. The van der Waals surface area contributed by atoms with Crippen molar-refractivity contribution in [3.05, 3.63) is 39.4 Å². The number of hydrogen-bond acceptors (Lipinski definition) is 4. The predicted octanol–water partition coefficient (Wildman–Crippen LogP) is 2.28.